The summed E-state index contributed by atoms with van der Waals surface area (Å²) in [6.45, 7) is 0. The van der Waals surface area contributed by atoms with Crippen LogP contribution in [0.25, 0.3) is 0 Å². The normalized spacial score (nSPS) is 10.9. The van der Waals surface area contributed by atoms with E-state index in [0.717, 1.165) is 19.1 Å². The van der Waals surface area contributed by atoms with Gasteiger partial charge in [-0.25, -0.2) is 0 Å². The van der Waals surface area contributed by atoms with Crippen LogP contribution in [0.1, 0.15) is 11.1 Å². The molecule has 2 aromatic carbocycles. The van der Waals surface area contributed by atoms with Crippen LogP contribution in [0.15, 0.2) is 96.6 Å². The maximum Gasteiger partial charge on any atom is 0.142 e. The van der Waals surface area contributed by atoms with Crippen LogP contribution < -0.4 is 0 Å². The van der Waals surface area contributed by atoms with Crippen molar-refractivity contribution in [1.82, 2.24) is 0 Å². The van der Waals surface area contributed by atoms with E-state index >= 15 is 0 Å². The molecule has 0 heterocycles. The summed E-state index contributed by atoms with van der Waals surface area (Å²) >= 11 is 0. The zero-order valence-corrected chi connectivity index (χ0v) is 12.6. The van der Waals surface area contributed by atoms with Crippen molar-refractivity contribution in [2.24, 2.45) is 0 Å². The van der Waals surface area contributed by atoms with Crippen LogP contribution in [0.3, 0.4) is 0 Å². The van der Waals surface area contributed by atoms with Gasteiger partial charge in [0.15, 0.2) is 0 Å². The Hall–Kier alpha value is -2.67. The highest BCUT2D eigenvalue weighted by Crippen LogP contribution is 2.14. The molecule has 0 aliphatic rings. The smallest absolute Gasteiger partial charge is 0.142 e. The summed E-state index contributed by atoms with van der Waals surface area (Å²) in [5, 5.41) is 0. The van der Waals surface area contributed by atoms with Crippen LogP contribution >= 0.6 is 0 Å². The fourth-order valence-corrected chi connectivity index (χ4v) is 2.26. The molecular formula is C21H20O. The van der Waals surface area contributed by atoms with Gasteiger partial charge in [0, 0.05) is 0 Å². The molecule has 2 rings (SSSR count). The highest BCUT2D eigenvalue weighted by atomic mass is 16.1. The minimum Gasteiger partial charge on any atom is -0.299 e. The first-order valence-electron chi connectivity index (χ1n) is 7.43. The van der Waals surface area contributed by atoms with Gasteiger partial charge in [-0.05, 0) is 30.0 Å². The number of benzene rings is 2. The van der Waals surface area contributed by atoms with Gasteiger partial charge in [-0.2, -0.15) is 0 Å². The third kappa shape index (κ3) is 5.76. The highest BCUT2D eigenvalue weighted by molar-refractivity contribution is 5.65. The molecule has 0 saturated heterocycles. The molecule has 110 valence electrons. The summed E-state index contributed by atoms with van der Waals surface area (Å²) in [4.78, 5) is 10.2. The summed E-state index contributed by atoms with van der Waals surface area (Å²) in [5.41, 5.74) is 3.95. The molecule has 2 aromatic rings. The zero-order valence-electron chi connectivity index (χ0n) is 12.6. The molecule has 0 aromatic heterocycles. The largest absolute Gasteiger partial charge is 0.299 e. The Balaban J connectivity index is 2.12. The maximum atomic E-state index is 10.2. The highest BCUT2D eigenvalue weighted by Gasteiger charge is 2.01. The summed E-state index contributed by atoms with van der Waals surface area (Å²) in [5.74, 6) is 0. The van der Waals surface area contributed by atoms with Crippen LogP contribution in [-0.2, 0) is 17.6 Å². The van der Waals surface area contributed by atoms with Gasteiger partial charge >= 0.3 is 0 Å². The first-order valence-corrected chi connectivity index (χ1v) is 7.43. The second-order valence-electron chi connectivity index (χ2n) is 5.06. The molecule has 0 aliphatic heterocycles. The van der Waals surface area contributed by atoms with E-state index in [2.05, 4.69) is 54.6 Å². The topological polar surface area (TPSA) is 17.1 Å². The lowest BCUT2D eigenvalue weighted by Crippen LogP contribution is -1.95. The Morgan fingerprint density at radius 1 is 0.682 bits per heavy atom. The van der Waals surface area contributed by atoms with E-state index < -0.39 is 0 Å². The van der Waals surface area contributed by atoms with E-state index in [-0.39, 0.29) is 0 Å². The monoisotopic (exact) mass is 288 g/mol. The first-order chi connectivity index (χ1) is 10.9. The Bertz CT molecular complexity index is 605. The molecule has 0 radical (unpaired) electrons. The van der Waals surface area contributed by atoms with Crippen molar-refractivity contribution < 1.29 is 4.79 Å². The van der Waals surface area contributed by atoms with Gasteiger partial charge in [0.05, 0.1) is 0 Å². The molecule has 0 saturated carbocycles. The molecule has 0 bridgehead atoms. The predicted molar refractivity (Wildman–Crippen MR) is 92.7 cm³/mol. The lowest BCUT2D eigenvalue weighted by atomic mass is 9.98. The molecule has 0 atom stereocenters. The number of aldehydes is 1. The van der Waals surface area contributed by atoms with E-state index in [1.54, 1.807) is 6.08 Å². The van der Waals surface area contributed by atoms with Crippen LogP contribution in [0.2, 0.25) is 0 Å². The van der Waals surface area contributed by atoms with Crippen LogP contribution in [0.4, 0.5) is 0 Å². The summed E-state index contributed by atoms with van der Waals surface area (Å²) in [6, 6.07) is 20.9. The van der Waals surface area contributed by atoms with E-state index in [4.69, 9.17) is 0 Å². The minimum absolute atomic E-state index is 0.781. The van der Waals surface area contributed by atoms with E-state index in [9.17, 15) is 4.79 Å². The SMILES string of the molecule is O=CC=CC=CC=C(Cc1ccccc1)Cc1ccccc1. The van der Waals surface area contributed by atoms with Gasteiger partial charge < -0.3 is 0 Å². The Kier molecular flexibility index (Phi) is 6.64. The van der Waals surface area contributed by atoms with Crippen LogP contribution in [0.5, 0.6) is 0 Å². The van der Waals surface area contributed by atoms with Gasteiger partial charge in [0.1, 0.15) is 6.29 Å². The van der Waals surface area contributed by atoms with E-state index in [1.165, 1.54) is 22.8 Å². The van der Waals surface area contributed by atoms with Crippen molar-refractivity contribution in [3.8, 4) is 0 Å². The molecule has 0 aliphatic carbocycles. The summed E-state index contributed by atoms with van der Waals surface area (Å²) in [7, 11) is 0. The number of carbonyl (C=O) groups is 1. The lowest BCUT2D eigenvalue weighted by molar-refractivity contribution is -0.104. The van der Waals surface area contributed by atoms with Crippen molar-refractivity contribution in [3.63, 3.8) is 0 Å². The van der Waals surface area contributed by atoms with Crippen molar-refractivity contribution in [3.05, 3.63) is 108 Å². The first kappa shape index (κ1) is 15.7. The maximum absolute atomic E-state index is 10.2. The lowest BCUT2D eigenvalue weighted by Gasteiger charge is -2.07. The van der Waals surface area contributed by atoms with Gasteiger partial charge in [-0.3, -0.25) is 4.79 Å². The number of allylic oxidation sites excluding steroid dienone is 6. The van der Waals surface area contributed by atoms with Crippen molar-refractivity contribution in [1.29, 1.82) is 0 Å². The second kappa shape index (κ2) is 9.30. The molecular weight excluding hydrogens is 268 g/mol. The Labute approximate surface area is 132 Å². The number of carbonyl (C=O) groups excluding carboxylic acids is 1. The summed E-state index contributed by atoms with van der Waals surface area (Å²) in [6.07, 6.45) is 11.9. The molecule has 22 heavy (non-hydrogen) atoms. The van der Waals surface area contributed by atoms with Gasteiger partial charge in [0.2, 0.25) is 0 Å². The molecule has 0 unspecified atom stereocenters. The molecule has 0 N–H and O–H groups in total. The third-order valence-electron chi connectivity index (χ3n) is 3.29. The van der Waals surface area contributed by atoms with Crippen molar-refractivity contribution >= 4 is 6.29 Å². The molecule has 0 amide bonds. The number of hydrogen-bond donors (Lipinski definition) is 0. The fraction of sp³-hybridized carbons (Fsp3) is 0.0952. The zero-order chi connectivity index (χ0) is 15.5. The Morgan fingerprint density at radius 2 is 1.18 bits per heavy atom. The minimum atomic E-state index is 0.781. The summed E-state index contributed by atoms with van der Waals surface area (Å²) < 4.78 is 0. The average Bonchev–Trinajstić information content (AvgIpc) is 2.56. The quantitative estimate of drug-likeness (QED) is 0.410. The number of rotatable bonds is 7. The molecule has 0 fully saturated rings. The standard InChI is InChI=1S/C21H20O/c22-16-10-2-1-5-15-21(17-19-11-6-3-7-12-19)18-20-13-8-4-9-14-20/h1-16H,17-18H2. The predicted octanol–water partition coefficient (Wildman–Crippen LogP) is 4.71. The van der Waals surface area contributed by atoms with Gasteiger partial charge in [0.25, 0.3) is 0 Å². The van der Waals surface area contributed by atoms with Crippen LogP contribution in [-0.4, -0.2) is 6.29 Å². The third-order valence-corrected chi connectivity index (χ3v) is 3.29. The fourth-order valence-electron chi connectivity index (χ4n) is 2.26. The van der Waals surface area contributed by atoms with Crippen LogP contribution in [0, 0.1) is 0 Å². The van der Waals surface area contributed by atoms with E-state index in [1.807, 2.05) is 24.3 Å². The molecule has 1 heteroatoms. The Morgan fingerprint density at radius 3 is 1.68 bits per heavy atom. The van der Waals surface area contributed by atoms with Gasteiger partial charge in [-0.1, -0.05) is 90.5 Å². The van der Waals surface area contributed by atoms with Crippen molar-refractivity contribution in [2.45, 2.75) is 12.8 Å². The van der Waals surface area contributed by atoms with Gasteiger partial charge in [-0.15, -0.1) is 0 Å². The molecule has 1 nitrogen and oxygen atoms in total. The molecule has 0 spiro atoms. The van der Waals surface area contributed by atoms with Crippen molar-refractivity contribution in [2.75, 3.05) is 0 Å². The second-order valence-corrected chi connectivity index (χ2v) is 5.06. The average molecular weight is 288 g/mol. The van der Waals surface area contributed by atoms with E-state index in [0.29, 0.717) is 0 Å². The number of hydrogen-bond acceptors (Lipinski definition) is 1.